The maximum absolute atomic E-state index is 13.5. The molecule has 1 aromatic heterocycles. The molecular formula is C27H31BrN4O3S. The molecule has 36 heavy (non-hydrogen) atoms. The third kappa shape index (κ3) is 5.02. The number of morpholine rings is 1. The summed E-state index contributed by atoms with van der Waals surface area (Å²) in [5.41, 5.74) is 5.89. The van der Waals surface area contributed by atoms with Gasteiger partial charge in [-0.3, -0.25) is 4.99 Å². The SMILES string of the molecule is Cc1cc(C=Nc2ccc(Br)cc2)c(C)n1-c1cc(S(=O)(=O)N2CCOCC2)ccc1N1CCCC1. The Labute approximate surface area is 221 Å². The molecule has 2 aromatic carbocycles. The van der Waals surface area contributed by atoms with Gasteiger partial charge in [0, 0.05) is 53.8 Å². The summed E-state index contributed by atoms with van der Waals surface area (Å²) in [7, 11) is -3.61. The van der Waals surface area contributed by atoms with Crippen molar-refractivity contribution in [3.63, 3.8) is 0 Å². The van der Waals surface area contributed by atoms with Crippen LogP contribution in [-0.2, 0) is 14.8 Å². The highest BCUT2D eigenvalue weighted by molar-refractivity contribution is 9.10. The molecule has 0 bridgehead atoms. The zero-order valence-electron chi connectivity index (χ0n) is 20.7. The molecule has 7 nitrogen and oxygen atoms in total. The molecule has 0 radical (unpaired) electrons. The van der Waals surface area contributed by atoms with E-state index in [0.29, 0.717) is 31.2 Å². The lowest BCUT2D eigenvalue weighted by molar-refractivity contribution is 0.0730. The van der Waals surface area contributed by atoms with E-state index in [1.807, 2.05) is 42.6 Å². The standard InChI is InChI=1S/C27H31BrN4O3S/c1-20-17-22(19-29-24-7-5-23(28)6-8-24)21(2)32(20)27-18-25(9-10-26(27)30-11-3-4-12-30)36(33,34)31-13-15-35-16-14-31/h5-10,17-19H,3-4,11-16H2,1-2H3. The van der Waals surface area contributed by atoms with E-state index in [1.54, 1.807) is 6.07 Å². The van der Waals surface area contributed by atoms with Crippen LogP contribution in [0.4, 0.5) is 11.4 Å². The second kappa shape index (κ2) is 10.5. The van der Waals surface area contributed by atoms with Crippen LogP contribution in [0.1, 0.15) is 29.8 Å². The molecule has 3 aromatic rings. The Morgan fingerprint density at radius 3 is 2.31 bits per heavy atom. The fraction of sp³-hybridized carbons (Fsp3) is 0.370. The van der Waals surface area contributed by atoms with Gasteiger partial charge in [0.1, 0.15) is 0 Å². The molecule has 9 heteroatoms. The summed E-state index contributed by atoms with van der Waals surface area (Å²) < 4.78 is 37.0. The summed E-state index contributed by atoms with van der Waals surface area (Å²) in [6.07, 6.45) is 4.16. The summed E-state index contributed by atoms with van der Waals surface area (Å²) in [5, 5.41) is 0. The second-order valence-electron chi connectivity index (χ2n) is 9.26. The first kappa shape index (κ1) is 25.2. The lowest BCUT2D eigenvalue weighted by Crippen LogP contribution is -2.40. The highest BCUT2D eigenvalue weighted by Gasteiger charge is 2.28. The zero-order chi connectivity index (χ0) is 25.3. The Kier molecular flexibility index (Phi) is 7.35. The number of benzene rings is 2. The van der Waals surface area contributed by atoms with Gasteiger partial charge in [0.05, 0.1) is 35.2 Å². The van der Waals surface area contributed by atoms with E-state index in [0.717, 1.165) is 64.4 Å². The van der Waals surface area contributed by atoms with Crippen LogP contribution in [0, 0.1) is 13.8 Å². The van der Waals surface area contributed by atoms with Gasteiger partial charge in [-0.1, -0.05) is 15.9 Å². The molecule has 2 saturated heterocycles. The smallest absolute Gasteiger partial charge is 0.243 e. The molecule has 0 spiro atoms. The third-order valence-corrected chi connectivity index (χ3v) is 9.32. The molecule has 2 aliphatic heterocycles. The van der Waals surface area contributed by atoms with E-state index in [1.165, 1.54) is 4.31 Å². The van der Waals surface area contributed by atoms with E-state index in [9.17, 15) is 8.42 Å². The van der Waals surface area contributed by atoms with Gasteiger partial charge in [-0.25, -0.2) is 8.42 Å². The molecular weight excluding hydrogens is 540 g/mol. The first-order valence-corrected chi connectivity index (χ1v) is 14.5. The van der Waals surface area contributed by atoms with Crippen molar-refractivity contribution in [1.29, 1.82) is 0 Å². The molecule has 2 fully saturated rings. The van der Waals surface area contributed by atoms with Crippen molar-refractivity contribution in [3.05, 3.63) is 70.0 Å². The minimum Gasteiger partial charge on any atom is -0.379 e. The fourth-order valence-corrected chi connectivity index (χ4v) is 6.66. The van der Waals surface area contributed by atoms with Crippen molar-refractivity contribution >= 4 is 43.5 Å². The van der Waals surface area contributed by atoms with Crippen LogP contribution in [0.5, 0.6) is 0 Å². The van der Waals surface area contributed by atoms with E-state index < -0.39 is 10.0 Å². The molecule has 0 aliphatic carbocycles. The number of hydrogen-bond acceptors (Lipinski definition) is 5. The fourth-order valence-electron chi connectivity index (χ4n) is 4.96. The third-order valence-electron chi connectivity index (χ3n) is 6.89. The summed E-state index contributed by atoms with van der Waals surface area (Å²) in [6.45, 7) is 7.67. The Balaban J connectivity index is 1.57. The Morgan fingerprint density at radius 1 is 0.917 bits per heavy atom. The highest BCUT2D eigenvalue weighted by atomic mass is 79.9. The molecule has 0 unspecified atom stereocenters. The minimum atomic E-state index is -3.61. The summed E-state index contributed by atoms with van der Waals surface area (Å²) >= 11 is 3.46. The molecule has 5 rings (SSSR count). The van der Waals surface area contributed by atoms with Crippen LogP contribution in [0.3, 0.4) is 0 Å². The number of aromatic nitrogens is 1. The number of nitrogens with zero attached hydrogens (tertiary/aromatic N) is 4. The van der Waals surface area contributed by atoms with Gasteiger partial charge in [0.2, 0.25) is 10.0 Å². The average molecular weight is 572 g/mol. The molecule has 0 saturated carbocycles. The van der Waals surface area contributed by atoms with E-state index in [4.69, 9.17) is 4.74 Å². The number of aliphatic imine (C=N–C) groups is 1. The number of rotatable bonds is 6. The van der Waals surface area contributed by atoms with Crippen molar-refractivity contribution < 1.29 is 13.2 Å². The molecule has 0 atom stereocenters. The number of sulfonamides is 1. The monoisotopic (exact) mass is 570 g/mol. The number of anilines is 1. The van der Waals surface area contributed by atoms with E-state index in [-0.39, 0.29) is 0 Å². The van der Waals surface area contributed by atoms with Crippen LogP contribution in [0.2, 0.25) is 0 Å². The van der Waals surface area contributed by atoms with Crippen molar-refractivity contribution in [3.8, 4) is 5.69 Å². The van der Waals surface area contributed by atoms with Crippen LogP contribution in [-0.4, -0.2) is 62.9 Å². The predicted octanol–water partition coefficient (Wildman–Crippen LogP) is 5.23. The predicted molar refractivity (Wildman–Crippen MR) is 148 cm³/mol. The summed E-state index contributed by atoms with van der Waals surface area (Å²) in [5.74, 6) is 0. The van der Waals surface area contributed by atoms with E-state index in [2.05, 4.69) is 50.3 Å². The van der Waals surface area contributed by atoms with E-state index >= 15 is 0 Å². The number of halogens is 1. The second-order valence-corrected chi connectivity index (χ2v) is 12.1. The van der Waals surface area contributed by atoms with Crippen molar-refractivity contribution in [1.82, 2.24) is 8.87 Å². The topological polar surface area (TPSA) is 67.1 Å². The van der Waals surface area contributed by atoms with Crippen molar-refractivity contribution in [2.75, 3.05) is 44.3 Å². The van der Waals surface area contributed by atoms with Crippen LogP contribution in [0.25, 0.3) is 5.69 Å². The van der Waals surface area contributed by atoms with Crippen LogP contribution < -0.4 is 4.90 Å². The summed E-state index contributed by atoms with van der Waals surface area (Å²) in [6, 6.07) is 15.5. The Morgan fingerprint density at radius 2 is 1.61 bits per heavy atom. The first-order chi connectivity index (χ1) is 17.3. The number of ether oxygens (including phenoxy) is 1. The normalized spacial score (nSPS) is 17.4. The quantitative estimate of drug-likeness (QED) is 0.381. The Bertz CT molecular complexity index is 1370. The molecule has 2 aliphatic rings. The molecule has 190 valence electrons. The van der Waals surface area contributed by atoms with Gasteiger partial charge in [0.15, 0.2) is 0 Å². The molecule has 0 amide bonds. The Hall–Kier alpha value is -2.46. The average Bonchev–Trinajstić information content (AvgIpc) is 3.52. The largest absolute Gasteiger partial charge is 0.379 e. The van der Waals surface area contributed by atoms with Gasteiger partial charge in [0.25, 0.3) is 0 Å². The van der Waals surface area contributed by atoms with Crippen molar-refractivity contribution in [2.24, 2.45) is 4.99 Å². The van der Waals surface area contributed by atoms with Gasteiger partial charge in [-0.2, -0.15) is 4.31 Å². The molecule has 3 heterocycles. The van der Waals surface area contributed by atoms with Gasteiger partial charge < -0.3 is 14.2 Å². The number of aryl methyl sites for hydroxylation is 1. The van der Waals surface area contributed by atoms with Crippen LogP contribution in [0.15, 0.2) is 62.9 Å². The maximum Gasteiger partial charge on any atom is 0.243 e. The lowest BCUT2D eigenvalue weighted by Gasteiger charge is -2.28. The van der Waals surface area contributed by atoms with Gasteiger partial charge >= 0.3 is 0 Å². The first-order valence-electron chi connectivity index (χ1n) is 12.3. The van der Waals surface area contributed by atoms with Crippen LogP contribution >= 0.6 is 15.9 Å². The lowest BCUT2D eigenvalue weighted by atomic mass is 10.2. The summed E-state index contributed by atoms with van der Waals surface area (Å²) in [4.78, 5) is 7.34. The van der Waals surface area contributed by atoms with Gasteiger partial charge in [-0.05, 0) is 75.2 Å². The minimum absolute atomic E-state index is 0.319. The highest BCUT2D eigenvalue weighted by Crippen LogP contribution is 2.34. The van der Waals surface area contributed by atoms with Crippen molar-refractivity contribution in [2.45, 2.75) is 31.6 Å². The number of hydrogen-bond donors (Lipinski definition) is 0. The zero-order valence-corrected chi connectivity index (χ0v) is 23.1. The van der Waals surface area contributed by atoms with Gasteiger partial charge in [-0.15, -0.1) is 0 Å². The maximum atomic E-state index is 13.5. The molecule has 0 N–H and O–H groups in total.